The van der Waals surface area contributed by atoms with Gasteiger partial charge in [-0.15, -0.1) is 0 Å². The van der Waals surface area contributed by atoms with Crippen LogP contribution in [0.2, 0.25) is 0 Å². The summed E-state index contributed by atoms with van der Waals surface area (Å²) in [6.45, 7) is 4.79. The Bertz CT molecular complexity index is 399. The van der Waals surface area contributed by atoms with Crippen LogP contribution >= 0.6 is 15.9 Å². The third kappa shape index (κ3) is 5.01. The van der Waals surface area contributed by atoms with Crippen molar-refractivity contribution in [3.8, 4) is 11.5 Å². The second kappa shape index (κ2) is 8.40. The van der Waals surface area contributed by atoms with Crippen LogP contribution in [0.15, 0.2) is 16.6 Å². The summed E-state index contributed by atoms with van der Waals surface area (Å²) in [5.74, 6) is 1.38. The molecule has 0 saturated heterocycles. The summed E-state index contributed by atoms with van der Waals surface area (Å²) in [6, 6.07) is 4.16. The molecule has 0 bridgehead atoms. The van der Waals surface area contributed by atoms with Gasteiger partial charge in [-0.1, -0.05) is 6.92 Å². The maximum absolute atomic E-state index is 5.99. The van der Waals surface area contributed by atoms with Gasteiger partial charge in [-0.05, 0) is 53.4 Å². The smallest absolute Gasteiger partial charge is 0.188 e. The van der Waals surface area contributed by atoms with Crippen molar-refractivity contribution in [3.63, 3.8) is 0 Å². The van der Waals surface area contributed by atoms with Gasteiger partial charge < -0.3 is 19.9 Å². The van der Waals surface area contributed by atoms with Crippen molar-refractivity contribution in [1.29, 1.82) is 0 Å². The Balaban J connectivity index is 2.98. The van der Waals surface area contributed by atoms with E-state index < -0.39 is 0 Å². The lowest BCUT2D eigenvalue weighted by molar-refractivity contribution is 0.0481. The first-order valence-corrected chi connectivity index (χ1v) is 7.24. The summed E-state index contributed by atoms with van der Waals surface area (Å²) < 4.78 is 16.9. The Morgan fingerprint density at radius 2 is 2.00 bits per heavy atom. The monoisotopic (exact) mass is 331 g/mol. The van der Waals surface area contributed by atoms with E-state index in [9.17, 15) is 0 Å². The lowest BCUT2D eigenvalue weighted by Gasteiger charge is -2.16. The molecule has 0 aliphatic heterocycles. The zero-order valence-corrected chi connectivity index (χ0v) is 13.3. The highest BCUT2D eigenvalue weighted by atomic mass is 79.9. The number of halogens is 1. The van der Waals surface area contributed by atoms with Crippen molar-refractivity contribution in [3.05, 3.63) is 22.2 Å². The first kappa shape index (κ1) is 16.3. The topological polar surface area (TPSA) is 53.7 Å². The van der Waals surface area contributed by atoms with Crippen molar-refractivity contribution < 1.29 is 14.2 Å². The molecule has 0 saturated carbocycles. The van der Waals surface area contributed by atoms with Crippen molar-refractivity contribution >= 4 is 15.9 Å². The normalized spacial score (nSPS) is 12.3. The van der Waals surface area contributed by atoms with Crippen LogP contribution in [0, 0.1) is 0 Å². The van der Waals surface area contributed by atoms with Gasteiger partial charge in [-0.3, -0.25) is 0 Å². The van der Waals surface area contributed by atoms with Gasteiger partial charge >= 0.3 is 0 Å². The second-order valence-electron chi connectivity index (χ2n) is 4.26. The number of nitrogens with two attached hydrogens (primary N) is 1. The van der Waals surface area contributed by atoms with Crippen molar-refractivity contribution in [2.24, 2.45) is 5.73 Å². The molecule has 0 radical (unpaired) electrons. The highest BCUT2D eigenvalue weighted by Gasteiger charge is 2.13. The lowest BCUT2D eigenvalue weighted by atomic mass is 10.0. The maximum Gasteiger partial charge on any atom is 0.188 e. The molecule has 19 heavy (non-hydrogen) atoms. The maximum atomic E-state index is 5.99. The quantitative estimate of drug-likeness (QED) is 0.743. The Morgan fingerprint density at radius 3 is 2.58 bits per heavy atom. The van der Waals surface area contributed by atoms with Gasteiger partial charge in [0.1, 0.15) is 0 Å². The number of methoxy groups -OCH3 is 1. The van der Waals surface area contributed by atoms with Crippen LogP contribution < -0.4 is 15.2 Å². The standard InChI is InChI=1S/C14H22BrNO3/c1-4-11(16)6-10-7-12(15)14(19-9-17-3)13(8-10)18-5-2/h7-8,11H,4-6,9,16H2,1-3H3. The van der Waals surface area contributed by atoms with Crippen LogP contribution in [-0.4, -0.2) is 26.6 Å². The summed E-state index contributed by atoms with van der Waals surface area (Å²) in [4.78, 5) is 0. The number of ether oxygens (including phenoxy) is 3. The average Bonchev–Trinajstić information content (AvgIpc) is 2.38. The molecule has 0 amide bonds. The van der Waals surface area contributed by atoms with Crippen LogP contribution in [0.1, 0.15) is 25.8 Å². The molecule has 0 heterocycles. The van der Waals surface area contributed by atoms with E-state index in [1.165, 1.54) is 0 Å². The molecule has 0 spiro atoms. The predicted octanol–water partition coefficient (Wildman–Crippen LogP) is 3.11. The summed E-state index contributed by atoms with van der Waals surface area (Å²) in [5.41, 5.74) is 7.12. The molecule has 2 N–H and O–H groups in total. The molecule has 1 unspecified atom stereocenters. The highest BCUT2D eigenvalue weighted by molar-refractivity contribution is 9.10. The minimum Gasteiger partial charge on any atom is -0.490 e. The molecular formula is C14H22BrNO3. The van der Waals surface area contributed by atoms with Gasteiger partial charge in [0, 0.05) is 13.2 Å². The van der Waals surface area contributed by atoms with Crippen LogP contribution in [-0.2, 0) is 11.2 Å². The molecule has 1 aromatic carbocycles. The fraction of sp³-hybridized carbons (Fsp3) is 0.571. The fourth-order valence-electron chi connectivity index (χ4n) is 1.71. The fourth-order valence-corrected chi connectivity index (χ4v) is 2.31. The Morgan fingerprint density at radius 1 is 1.26 bits per heavy atom. The van der Waals surface area contributed by atoms with E-state index in [4.69, 9.17) is 19.9 Å². The second-order valence-corrected chi connectivity index (χ2v) is 5.12. The van der Waals surface area contributed by atoms with Gasteiger partial charge in [0.05, 0.1) is 11.1 Å². The number of hydrogen-bond acceptors (Lipinski definition) is 4. The average molecular weight is 332 g/mol. The molecular weight excluding hydrogens is 310 g/mol. The molecule has 5 heteroatoms. The predicted molar refractivity (Wildman–Crippen MR) is 79.8 cm³/mol. The van der Waals surface area contributed by atoms with E-state index in [2.05, 4.69) is 22.9 Å². The van der Waals surface area contributed by atoms with Crippen LogP contribution in [0.25, 0.3) is 0 Å². The third-order valence-corrected chi connectivity index (χ3v) is 3.30. The molecule has 0 aliphatic carbocycles. The summed E-state index contributed by atoms with van der Waals surface area (Å²) in [7, 11) is 1.59. The van der Waals surface area contributed by atoms with Crippen LogP contribution in [0.5, 0.6) is 11.5 Å². The van der Waals surface area contributed by atoms with Gasteiger partial charge in [0.2, 0.25) is 0 Å². The molecule has 1 aromatic rings. The molecule has 0 aromatic heterocycles. The van der Waals surface area contributed by atoms with E-state index >= 15 is 0 Å². The summed E-state index contributed by atoms with van der Waals surface area (Å²) in [6.07, 6.45) is 1.77. The van der Waals surface area contributed by atoms with Gasteiger partial charge in [-0.2, -0.15) is 0 Å². The zero-order chi connectivity index (χ0) is 14.3. The van der Waals surface area contributed by atoms with Crippen molar-refractivity contribution in [2.45, 2.75) is 32.7 Å². The van der Waals surface area contributed by atoms with Gasteiger partial charge in [0.25, 0.3) is 0 Å². The van der Waals surface area contributed by atoms with E-state index in [0.29, 0.717) is 18.1 Å². The molecule has 0 aliphatic rings. The van der Waals surface area contributed by atoms with Crippen LogP contribution in [0.3, 0.4) is 0 Å². The Labute approximate surface area is 123 Å². The SMILES string of the molecule is CCOc1cc(CC(N)CC)cc(Br)c1OCOC. The molecule has 4 nitrogen and oxygen atoms in total. The highest BCUT2D eigenvalue weighted by Crippen LogP contribution is 2.37. The molecule has 0 fully saturated rings. The minimum absolute atomic E-state index is 0.159. The number of rotatable bonds is 8. The number of benzene rings is 1. The zero-order valence-electron chi connectivity index (χ0n) is 11.7. The Kier molecular flexibility index (Phi) is 7.20. The van der Waals surface area contributed by atoms with E-state index in [1.54, 1.807) is 7.11 Å². The first-order valence-electron chi connectivity index (χ1n) is 6.44. The van der Waals surface area contributed by atoms with Crippen LogP contribution in [0.4, 0.5) is 0 Å². The first-order chi connectivity index (χ1) is 9.12. The summed E-state index contributed by atoms with van der Waals surface area (Å²) in [5, 5.41) is 0. The molecule has 108 valence electrons. The van der Waals surface area contributed by atoms with Crippen molar-refractivity contribution in [1.82, 2.24) is 0 Å². The van der Waals surface area contributed by atoms with Gasteiger partial charge in [-0.25, -0.2) is 0 Å². The van der Waals surface area contributed by atoms with Crippen molar-refractivity contribution in [2.75, 3.05) is 20.5 Å². The Hall–Kier alpha value is -0.780. The molecule has 1 rings (SSSR count). The lowest BCUT2D eigenvalue weighted by Crippen LogP contribution is -2.21. The minimum atomic E-state index is 0.159. The molecule has 1 atom stereocenters. The van der Waals surface area contributed by atoms with E-state index in [0.717, 1.165) is 22.9 Å². The van der Waals surface area contributed by atoms with E-state index in [-0.39, 0.29) is 12.8 Å². The van der Waals surface area contributed by atoms with Gasteiger partial charge in [0.15, 0.2) is 18.3 Å². The summed E-state index contributed by atoms with van der Waals surface area (Å²) >= 11 is 3.51. The van der Waals surface area contributed by atoms with E-state index in [1.807, 2.05) is 19.1 Å². The largest absolute Gasteiger partial charge is 0.490 e. The third-order valence-electron chi connectivity index (χ3n) is 2.71. The number of hydrogen-bond donors (Lipinski definition) is 1.